The molecule has 0 bridgehead atoms. The molecule has 6 nitrogen and oxygen atoms in total. The molecule has 3 aromatic carbocycles. The maximum Gasteiger partial charge on any atom is 0.282 e. The molecule has 2 heterocycles. The molecule has 5 aromatic rings. The Labute approximate surface area is 254 Å². The van der Waals surface area contributed by atoms with Crippen molar-refractivity contribution in [2.24, 2.45) is 5.10 Å². The third kappa shape index (κ3) is 5.84. The monoisotopic (exact) mass is 622 g/mol. The van der Waals surface area contributed by atoms with Gasteiger partial charge in [-0.15, -0.1) is 0 Å². The zero-order chi connectivity index (χ0) is 29.2. The number of fused-ring (bicyclic) bond motifs is 1. The van der Waals surface area contributed by atoms with Crippen LogP contribution in [0.4, 0.5) is 0 Å². The van der Waals surface area contributed by atoms with Gasteiger partial charge in [0.15, 0.2) is 0 Å². The fraction of sp³-hybridized carbons (Fsp3) is 0.286. The Morgan fingerprint density at radius 2 is 1.69 bits per heavy atom. The first-order valence-corrected chi connectivity index (χ1v) is 15.4. The summed E-state index contributed by atoms with van der Waals surface area (Å²) in [5.41, 5.74) is 7.12. The fourth-order valence-electron chi connectivity index (χ4n) is 5.88. The van der Waals surface area contributed by atoms with E-state index < -0.39 is 0 Å². The Balaban J connectivity index is 1.29. The van der Waals surface area contributed by atoms with Crippen LogP contribution in [0.15, 0.2) is 87.2 Å². The first-order valence-electron chi connectivity index (χ1n) is 14.6. The molecular weight excluding hydrogens is 588 g/mol. The molecule has 0 N–H and O–H groups in total. The van der Waals surface area contributed by atoms with E-state index in [-0.39, 0.29) is 11.5 Å². The van der Waals surface area contributed by atoms with Crippen LogP contribution in [0.3, 0.4) is 0 Å². The van der Waals surface area contributed by atoms with E-state index in [2.05, 4.69) is 83.7 Å². The fourth-order valence-corrected chi connectivity index (χ4v) is 6.24. The van der Waals surface area contributed by atoms with E-state index in [0.717, 1.165) is 75.4 Å². The number of hydrogen-bond donors (Lipinski definition) is 0. The zero-order valence-electron chi connectivity index (χ0n) is 24.3. The molecule has 0 radical (unpaired) electrons. The van der Waals surface area contributed by atoms with Crippen LogP contribution in [0.5, 0.6) is 5.75 Å². The second-order valence-corrected chi connectivity index (χ2v) is 12.2. The smallest absolute Gasteiger partial charge is 0.282 e. The highest BCUT2D eigenvalue weighted by atomic mass is 79.9. The molecule has 1 fully saturated rings. The molecular formula is C35H35BrN4O2. The highest BCUT2D eigenvalue weighted by molar-refractivity contribution is 9.10. The van der Waals surface area contributed by atoms with Gasteiger partial charge in [-0.05, 0) is 87.7 Å². The largest absolute Gasteiger partial charge is 0.489 e. The minimum Gasteiger partial charge on any atom is -0.489 e. The lowest BCUT2D eigenvalue weighted by molar-refractivity contribution is 0.306. The topological polar surface area (TPSA) is 61.4 Å². The predicted octanol–water partition coefficient (Wildman–Crippen LogP) is 8.38. The van der Waals surface area contributed by atoms with Crippen molar-refractivity contribution >= 4 is 33.0 Å². The van der Waals surface area contributed by atoms with Crippen LogP contribution in [-0.2, 0) is 6.61 Å². The SMILES string of the molecule is Cc1ccc(COc2ccc(-n3c(C)cc(C=Nn4c(C5CCCCC5)nc5ccc(Br)cc5c4=O)c3C)cc2)cc1. The van der Waals surface area contributed by atoms with Gasteiger partial charge < -0.3 is 9.30 Å². The van der Waals surface area contributed by atoms with Crippen LogP contribution in [-0.4, -0.2) is 20.4 Å². The van der Waals surface area contributed by atoms with Gasteiger partial charge in [0.1, 0.15) is 18.2 Å². The van der Waals surface area contributed by atoms with Gasteiger partial charge in [0.05, 0.1) is 17.1 Å². The average Bonchev–Trinajstić information content (AvgIpc) is 3.29. The molecule has 7 heteroatoms. The molecule has 42 heavy (non-hydrogen) atoms. The number of benzene rings is 3. The molecule has 6 rings (SSSR count). The quantitative estimate of drug-likeness (QED) is 0.171. The van der Waals surface area contributed by atoms with E-state index in [9.17, 15) is 4.79 Å². The van der Waals surface area contributed by atoms with E-state index in [4.69, 9.17) is 14.8 Å². The molecule has 0 unspecified atom stereocenters. The lowest BCUT2D eigenvalue weighted by atomic mass is 9.88. The number of nitrogens with zero attached hydrogens (tertiary/aromatic N) is 4. The Morgan fingerprint density at radius 3 is 2.43 bits per heavy atom. The molecule has 1 aliphatic rings. The van der Waals surface area contributed by atoms with E-state index in [1.165, 1.54) is 16.7 Å². The summed E-state index contributed by atoms with van der Waals surface area (Å²) in [7, 11) is 0. The minimum atomic E-state index is -0.131. The number of ether oxygens (including phenoxy) is 1. The molecule has 214 valence electrons. The number of aromatic nitrogens is 3. The second kappa shape index (κ2) is 12.1. The number of halogens is 1. The summed E-state index contributed by atoms with van der Waals surface area (Å²) in [5, 5.41) is 5.35. The van der Waals surface area contributed by atoms with Crippen molar-refractivity contribution in [1.29, 1.82) is 0 Å². The summed E-state index contributed by atoms with van der Waals surface area (Å²) in [6, 6.07) is 24.3. The van der Waals surface area contributed by atoms with Gasteiger partial charge in [-0.1, -0.05) is 65.0 Å². The summed E-state index contributed by atoms with van der Waals surface area (Å²) in [6.45, 7) is 6.78. The molecule has 2 aromatic heterocycles. The van der Waals surface area contributed by atoms with Crippen LogP contribution in [0.2, 0.25) is 0 Å². The van der Waals surface area contributed by atoms with Crippen molar-refractivity contribution in [1.82, 2.24) is 14.2 Å². The van der Waals surface area contributed by atoms with Gasteiger partial charge in [0, 0.05) is 33.0 Å². The number of aryl methyl sites for hydroxylation is 2. The first kappa shape index (κ1) is 28.2. The summed E-state index contributed by atoms with van der Waals surface area (Å²) < 4.78 is 10.6. The molecule has 0 aliphatic heterocycles. The normalized spacial score (nSPS) is 14.2. The Morgan fingerprint density at radius 1 is 0.952 bits per heavy atom. The zero-order valence-corrected chi connectivity index (χ0v) is 25.9. The van der Waals surface area contributed by atoms with Crippen molar-refractivity contribution in [2.45, 2.75) is 65.4 Å². The minimum absolute atomic E-state index is 0.131. The highest BCUT2D eigenvalue weighted by Crippen LogP contribution is 2.32. The molecule has 1 aliphatic carbocycles. The third-order valence-corrected chi connectivity index (χ3v) is 8.70. The van der Waals surface area contributed by atoms with Crippen LogP contribution in [0.1, 0.15) is 71.9 Å². The molecule has 0 saturated heterocycles. The second-order valence-electron chi connectivity index (χ2n) is 11.3. The highest BCUT2D eigenvalue weighted by Gasteiger charge is 2.22. The standard InChI is InChI=1S/C35H35BrN4O2/c1-23-9-11-26(12-10-23)22-42-31-16-14-30(15-17-31)39-24(2)19-28(25(39)3)21-37-40-34(27-7-5-4-6-8-27)38-33-18-13-29(36)20-32(33)35(40)41/h9-21,27H,4-8,22H2,1-3H3. The summed E-state index contributed by atoms with van der Waals surface area (Å²) in [4.78, 5) is 18.7. The molecule has 0 atom stereocenters. The van der Waals surface area contributed by atoms with Gasteiger partial charge in [-0.25, -0.2) is 4.98 Å². The Kier molecular flexibility index (Phi) is 8.11. The molecule has 1 saturated carbocycles. The van der Waals surface area contributed by atoms with Crippen molar-refractivity contribution in [3.63, 3.8) is 0 Å². The van der Waals surface area contributed by atoms with E-state index in [1.807, 2.05) is 30.3 Å². The van der Waals surface area contributed by atoms with Gasteiger partial charge >= 0.3 is 0 Å². The van der Waals surface area contributed by atoms with Gasteiger partial charge in [0.25, 0.3) is 5.56 Å². The molecule has 0 amide bonds. The van der Waals surface area contributed by atoms with E-state index in [1.54, 1.807) is 6.21 Å². The molecule has 0 spiro atoms. The van der Waals surface area contributed by atoms with Crippen molar-refractivity contribution < 1.29 is 4.74 Å². The van der Waals surface area contributed by atoms with E-state index >= 15 is 0 Å². The van der Waals surface area contributed by atoms with E-state index in [0.29, 0.717) is 12.0 Å². The van der Waals surface area contributed by atoms with Crippen molar-refractivity contribution in [2.75, 3.05) is 0 Å². The van der Waals surface area contributed by atoms with Crippen molar-refractivity contribution in [3.05, 3.63) is 122 Å². The third-order valence-electron chi connectivity index (χ3n) is 8.21. The van der Waals surface area contributed by atoms with Crippen LogP contribution < -0.4 is 10.3 Å². The van der Waals surface area contributed by atoms with Crippen LogP contribution in [0.25, 0.3) is 16.6 Å². The summed E-state index contributed by atoms with van der Waals surface area (Å²) in [5.74, 6) is 1.82. The Bertz CT molecular complexity index is 1810. The number of hydrogen-bond acceptors (Lipinski definition) is 4. The maximum atomic E-state index is 13.7. The van der Waals surface area contributed by atoms with Gasteiger partial charge in [0.2, 0.25) is 0 Å². The van der Waals surface area contributed by atoms with Gasteiger partial charge in [-0.3, -0.25) is 4.79 Å². The van der Waals surface area contributed by atoms with Crippen LogP contribution >= 0.6 is 15.9 Å². The summed E-state index contributed by atoms with van der Waals surface area (Å²) in [6.07, 6.45) is 7.40. The first-order chi connectivity index (χ1) is 20.4. The maximum absolute atomic E-state index is 13.7. The van der Waals surface area contributed by atoms with Crippen molar-refractivity contribution in [3.8, 4) is 11.4 Å². The lowest BCUT2D eigenvalue weighted by Gasteiger charge is -2.22. The average molecular weight is 624 g/mol. The lowest BCUT2D eigenvalue weighted by Crippen LogP contribution is -2.25. The Hall–Kier alpha value is -3.97. The van der Waals surface area contributed by atoms with Crippen LogP contribution in [0, 0.1) is 20.8 Å². The number of rotatable bonds is 7. The van der Waals surface area contributed by atoms with Gasteiger partial charge in [-0.2, -0.15) is 9.78 Å². The summed E-state index contributed by atoms with van der Waals surface area (Å²) >= 11 is 3.51. The predicted molar refractivity (Wildman–Crippen MR) is 173 cm³/mol.